The number of rotatable bonds is 5. The molecule has 7 nitrogen and oxygen atoms in total. The van der Waals surface area contributed by atoms with Crippen molar-refractivity contribution < 1.29 is 4.79 Å². The highest BCUT2D eigenvalue weighted by atomic mass is 16.2. The van der Waals surface area contributed by atoms with Crippen LogP contribution in [0, 0.1) is 0 Å². The monoisotopic (exact) mass is 394 g/mol. The lowest BCUT2D eigenvalue weighted by Crippen LogP contribution is -2.39. The second kappa shape index (κ2) is 9.58. The molecule has 1 saturated carbocycles. The fraction of sp³-hybridized carbons (Fsp3) is 0.500. The van der Waals surface area contributed by atoms with Crippen molar-refractivity contribution in [2.75, 3.05) is 28.6 Å². The number of benzene rings is 1. The molecular weight excluding hydrogens is 364 g/mol. The molecule has 7 heteroatoms. The SMILES string of the molecule is O=C(Nc1ccc(Nc2ccc(N3CCCCC3)cc2)nn1)NC1CCCCC1. The second-order valence-corrected chi connectivity index (χ2v) is 7.96. The van der Waals surface area contributed by atoms with Gasteiger partial charge in [-0.3, -0.25) is 5.32 Å². The highest BCUT2D eigenvalue weighted by molar-refractivity contribution is 5.88. The van der Waals surface area contributed by atoms with E-state index >= 15 is 0 Å². The number of piperidine rings is 1. The zero-order valence-corrected chi connectivity index (χ0v) is 16.9. The lowest BCUT2D eigenvalue weighted by Gasteiger charge is -2.28. The molecule has 0 spiro atoms. The third-order valence-corrected chi connectivity index (χ3v) is 5.71. The maximum Gasteiger partial charge on any atom is 0.320 e. The Morgan fingerprint density at radius 3 is 2.17 bits per heavy atom. The topological polar surface area (TPSA) is 82.2 Å². The summed E-state index contributed by atoms with van der Waals surface area (Å²) in [6, 6.07) is 12.1. The molecule has 2 amide bonds. The summed E-state index contributed by atoms with van der Waals surface area (Å²) in [5, 5.41) is 17.3. The number of hydrogen-bond acceptors (Lipinski definition) is 5. The van der Waals surface area contributed by atoms with Gasteiger partial charge in [0, 0.05) is 30.5 Å². The fourth-order valence-corrected chi connectivity index (χ4v) is 4.11. The third-order valence-electron chi connectivity index (χ3n) is 5.71. The van der Waals surface area contributed by atoms with Gasteiger partial charge in [0.2, 0.25) is 0 Å². The van der Waals surface area contributed by atoms with Gasteiger partial charge in [0.15, 0.2) is 11.6 Å². The minimum Gasteiger partial charge on any atom is -0.372 e. The Labute approximate surface area is 172 Å². The average molecular weight is 395 g/mol. The maximum absolute atomic E-state index is 12.1. The highest BCUT2D eigenvalue weighted by Gasteiger charge is 2.16. The molecule has 1 aliphatic carbocycles. The Bertz CT molecular complexity index is 780. The molecule has 2 heterocycles. The predicted octanol–water partition coefficient (Wildman–Crippen LogP) is 4.66. The Kier molecular flexibility index (Phi) is 6.44. The number of urea groups is 1. The summed E-state index contributed by atoms with van der Waals surface area (Å²) in [4.78, 5) is 14.5. The molecule has 3 N–H and O–H groups in total. The van der Waals surface area contributed by atoms with Crippen LogP contribution in [-0.2, 0) is 0 Å². The number of carbonyl (C=O) groups is 1. The van der Waals surface area contributed by atoms with E-state index in [1.807, 2.05) is 6.07 Å². The fourth-order valence-electron chi connectivity index (χ4n) is 4.11. The molecule has 1 aromatic heterocycles. The van der Waals surface area contributed by atoms with Gasteiger partial charge in [0.25, 0.3) is 0 Å². The lowest BCUT2D eigenvalue weighted by molar-refractivity contribution is 0.244. The van der Waals surface area contributed by atoms with Gasteiger partial charge in [-0.25, -0.2) is 4.79 Å². The normalized spacial score (nSPS) is 17.6. The van der Waals surface area contributed by atoms with E-state index in [4.69, 9.17) is 0 Å². The van der Waals surface area contributed by atoms with E-state index in [0.717, 1.165) is 31.6 Å². The van der Waals surface area contributed by atoms with Crippen molar-refractivity contribution in [2.45, 2.75) is 57.4 Å². The van der Waals surface area contributed by atoms with Crippen LogP contribution in [0.4, 0.5) is 27.8 Å². The summed E-state index contributed by atoms with van der Waals surface area (Å²) < 4.78 is 0. The van der Waals surface area contributed by atoms with Gasteiger partial charge in [-0.2, -0.15) is 0 Å². The minimum absolute atomic E-state index is 0.208. The summed E-state index contributed by atoms with van der Waals surface area (Å²) in [7, 11) is 0. The minimum atomic E-state index is -0.208. The van der Waals surface area contributed by atoms with Crippen LogP contribution in [0.15, 0.2) is 36.4 Å². The number of nitrogens with one attached hydrogen (secondary N) is 3. The van der Waals surface area contributed by atoms with Gasteiger partial charge in [0.1, 0.15) is 0 Å². The zero-order chi connectivity index (χ0) is 19.9. The number of carbonyl (C=O) groups excluding carboxylic acids is 1. The van der Waals surface area contributed by atoms with Crippen molar-refractivity contribution in [3.63, 3.8) is 0 Å². The molecule has 0 atom stereocenters. The number of aromatic nitrogens is 2. The zero-order valence-electron chi connectivity index (χ0n) is 16.9. The van der Waals surface area contributed by atoms with Crippen molar-refractivity contribution in [3.05, 3.63) is 36.4 Å². The Balaban J connectivity index is 1.28. The summed E-state index contributed by atoms with van der Waals surface area (Å²) in [6.07, 6.45) is 9.62. The van der Waals surface area contributed by atoms with Crippen molar-refractivity contribution in [3.8, 4) is 0 Å². The van der Waals surface area contributed by atoms with Crippen LogP contribution >= 0.6 is 0 Å². The third kappa shape index (κ3) is 5.59. The number of amides is 2. The first-order valence-corrected chi connectivity index (χ1v) is 10.8. The molecule has 29 heavy (non-hydrogen) atoms. The first kappa shape index (κ1) is 19.5. The summed E-state index contributed by atoms with van der Waals surface area (Å²) in [5.41, 5.74) is 2.24. The van der Waals surface area contributed by atoms with E-state index in [0.29, 0.717) is 11.6 Å². The Morgan fingerprint density at radius 2 is 1.48 bits per heavy atom. The van der Waals surface area contributed by atoms with Gasteiger partial charge in [-0.1, -0.05) is 19.3 Å². The van der Waals surface area contributed by atoms with Crippen LogP contribution in [0.1, 0.15) is 51.4 Å². The van der Waals surface area contributed by atoms with E-state index in [9.17, 15) is 4.79 Å². The van der Waals surface area contributed by atoms with Gasteiger partial charge < -0.3 is 15.5 Å². The lowest BCUT2D eigenvalue weighted by atomic mass is 9.96. The quantitative estimate of drug-likeness (QED) is 0.687. The van der Waals surface area contributed by atoms with Gasteiger partial charge >= 0.3 is 6.03 Å². The molecular formula is C22H30N6O. The Morgan fingerprint density at radius 1 is 0.828 bits per heavy atom. The van der Waals surface area contributed by atoms with Gasteiger partial charge in [0.05, 0.1) is 0 Å². The highest BCUT2D eigenvalue weighted by Crippen LogP contribution is 2.23. The molecule has 1 saturated heterocycles. The molecule has 0 unspecified atom stereocenters. The van der Waals surface area contributed by atoms with Crippen molar-refractivity contribution >= 4 is 29.0 Å². The number of anilines is 4. The molecule has 0 radical (unpaired) electrons. The van der Waals surface area contributed by atoms with Crippen molar-refractivity contribution in [1.29, 1.82) is 0 Å². The van der Waals surface area contributed by atoms with E-state index in [-0.39, 0.29) is 12.1 Å². The summed E-state index contributed by atoms with van der Waals surface area (Å²) in [6.45, 7) is 2.28. The molecule has 0 bridgehead atoms. The first-order valence-electron chi connectivity index (χ1n) is 10.8. The maximum atomic E-state index is 12.1. The number of hydrogen-bond donors (Lipinski definition) is 3. The molecule has 2 aliphatic rings. The smallest absolute Gasteiger partial charge is 0.320 e. The molecule has 1 aromatic carbocycles. The second-order valence-electron chi connectivity index (χ2n) is 7.96. The van der Waals surface area contributed by atoms with Crippen molar-refractivity contribution in [1.82, 2.24) is 15.5 Å². The van der Waals surface area contributed by atoms with Crippen LogP contribution in [0.3, 0.4) is 0 Å². The van der Waals surface area contributed by atoms with Gasteiger partial charge in [-0.05, 0) is 68.5 Å². The summed E-state index contributed by atoms with van der Waals surface area (Å²) in [5.74, 6) is 1.10. The van der Waals surface area contributed by atoms with Crippen LogP contribution in [0.25, 0.3) is 0 Å². The van der Waals surface area contributed by atoms with E-state index in [1.54, 1.807) is 6.07 Å². The van der Waals surface area contributed by atoms with E-state index < -0.39 is 0 Å². The molecule has 2 fully saturated rings. The standard InChI is InChI=1S/C22H30N6O/c29-22(24-17-7-3-1-4-8-17)25-21-14-13-20(26-27-21)23-18-9-11-19(12-10-18)28-15-5-2-6-16-28/h9-14,17H,1-8,15-16H2,(H,23,26)(H2,24,25,27,29). The van der Waals surface area contributed by atoms with Crippen LogP contribution < -0.4 is 20.9 Å². The van der Waals surface area contributed by atoms with Crippen LogP contribution in [-0.4, -0.2) is 35.4 Å². The van der Waals surface area contributed by atoms with Crippen molar-refractivity contribution in [2.24, 2.45) is 0 Å². The Hall–Kier alpha value is -2.83. The summed E-state index contributed by atoms with van der Waals surface area (Å²) >= 11 is 0. The predicted molar refractivity (Wildman–Crippen MR) is 117 cm³/mol. The number of nitrogens with zero attached hydrogens (tertiary/aromatic N) is 3. The molecule has 2 aromatic rings. The van der Waals surface area contributed by atoms with Crippen LogP contribution in [0.2, 0.25) is 0 Å². The van der Waals surface area contributed by atoms with E-state index in [2.05, 4.69) is 55.3 Å². The largest absolute Gasteiger partial charge is 0.372 e. The van der Waals surface area contributed by atoms with Crippen LogP contribution in [0.5, 0.6) is 0 Å². The molecule has 154 valence electrons. The van der Waals surface area contributed by atoms with Gasteiger partial charge in [-0.15, -0.1) is 10.2 Å². The molecule has 4 rings (SSSR count). The van der Waals surface area contributed by atoms with E-state index in [1.165, 1.54) is 44.2 Å². The average Bonchev–Trinajstić information content (AvgIpc) is 2.77. The molecule has 1 aliphatic heterocycles. The first-order chi connectivity index (χ1) is 14.3.